The molecule has 0 radical (unpaired) electrons. The lowest BCUT2D eigenvalue weighted by molar-refractivity contribution is -0.0612. The SMILES string of the molecule is N#CC1N=C(C(F)(F)F)NC1C#N. The third-order valence-corrected chi connectivity index (χ3v) is 1.42. The van der Waals surface area contributed by atoms with Gasteiger partial charge in [0.25, 0.3) is 0 Å². The Hall–Kier alpha value is -1.76. The van der Waals surface area contributed by atoms with Crippen LogP contribution in [0, 0.1) is 22.7 Å². The minimum Gasteiger partial charge on any atom is -0.348 e. The zero-order valence-corrected chi connectivity index (χ0v) is 6.13. The average molecular weight is 188 g/mol. The van der Waals surface area contributed by atoms with Crippen LogP contribution >= 0.6 is 0 Å². The monoisotopic (exact) mass is 188 g/mol. The molecule has 0 saturated carbocycles. The molecule has 0 saturated heterocycles. The van der Waals surface area contributed by atoms with Gasteiger partial charge in [-0.05, 0) is 0 Å². The molecule has 0 aromatic heterocycles. The highest BCUT2D eigenvalue weighted by Crippen LogP contribution is 2.21. The molecule has 1 aliphatic rings. The van der Waals surface area contributed by atoms with Crippen LogP contribution < -0.4 is 5.32 Å². The number of nitrogens with one attached hydrogen (secondary N) is 1. The van der Waals surface area contributed by atoms with E-state index in [2.05, 4.69) is 4.99 Å². The first-order valence-corrected chi connectivity index (χ1v) is 3.20. The number of amidine groups is 1. The summed E-state index contributed by atoms with van der Waals surface area (Å²) in [5.74, 6) is -1.26. The van der Waals surface area contributed by atoms with Gasteiger partial charge in [-0.3, -0.25) is 0 Å². The maximum atomic E-state index is 12.0. The lowest BCUT2D eigenvalue weighted by atomic mass is 10.2. The van der Waals surface area contributed by atoms with Crippen molar-refractivity contribution in [2.24, 2.45) is 4.99 Å². The van der Waals surface area contributed by atoms with Gasteiger partial charge in [0.2, 0.25) is 5.84 Å². The van der Waals surface area contributed by atoms with Crippen molar-refractivity contribution >= 4 is 5.84 Å². The molecule has 1 heterocycles. The number of rotatable bonds is 0. The maximum absolute atomic E-state index is 12.0. The summed E-state index contributed by atoms with van der Waals surface area (Å²) >= 11 is 0. The number of alkyl halides is 3. The summed E-state index contributed by atoms with van der Waals surface area (Å²) < 4.78 is 35.9. The molecule has 68 valence electrons. The largest absolute Gasteiger partial charge is 0.448 e. The molecule has 1 rings (SSSR count). The van der Waals surface area contributed by atoms with Crippen LogP contribution in [0.1, 0.15) is 0 Å². The van der Waals surface area contributed by atoms with Crippen molar-refractivity contribution in [1.82, 2.24) is 5.32 Å². The predicted octanol–water partition coefficient (Wildman–Crippen LogP) is 0.335. The lowest BCUT2D eigenvalue weighted by Crippen LogP contribution is -2.39. The third-order valence-electron chi connectivity index (χ3n) is 1.42. The summed E-state index contributed by atoms with van der Waals surface area (Å²) in [5.41, 5.74) is 0. The van der Waals surface area contributed by atoms with Gasteiger partial charge in [-0.2, -0.15) is 23.7 Å². The molecule has 4 nitrogen and oxygen atoms in total. The molecule has 13 heavy (non-hydrogen) atoms. The molecule has 0 aromatic rings. The summed E-state index contributed by atoms with van der Waals surface area (Å²) in [6, 6.07) is 0.530. The van der Waals surface area contributed by atoms with Crippen LogP contribution in [0.25, 0.3) is 0 Å². The smallest absolute Gasteiger partial charge is 0.348 e. The van der Waals surface area contributed by atoms with Crippen LogP contribution in [0.3, 0.4) is 0 Å². The Labute approximate surface area is 71.3 Å². The van der Waals surface area contributed by atoms with Crippen molar-refractivity contribution < 1.29 is 13.2 Å². The van der Waals surface area contributed by atoms with E-state index in [1.54, 1.807) is 0 Å². The van der Waals surface area contributed by atoms with Gasteiger partial charge in [0.15, 0.2) is 12.1 Å². The van der Waals surface area contributed by atoms with Gasteiger partial charge >= 0.3 is 6.18 Å². The molecular weight excluding hydrogens is 185 g/mol. The third kappa shape index (κ3) is 1.70. The number of aliphatic imine (C=N–C) groups is 1. The van der Waals surface area contributed by atoms with Crippen molar-refractivity contribution in [3.05, 3.63) is 0 Å². The molecule has 1 aliphatic heterocycles. The number of hydrogen-bond donors (Lipinski definition) is 1. The van der Waals surface area contributed by atoms with E-state index in [9.17, 15) is 13.2 Å². The fourth-order valence-corrected chi connectivity index (χ4v) is 0.838. The van der Waals surface area contributed by atoms with Gasteiger partial charge in [0, 0.05) is 0 Å². The number of nitriles is 2. The van der Waals surface area contributed by atoms with Crippen LogP contribution in [0.5, 0.6) is 0 Å². The highest BCUT2D eigenvalue weighted by atomic mass is 19.4. The van der Waals surface area contributed by atoms with E-state index >= 15 is 0 Å². The molecule has 1 N–H and O–H groups in total. The summed E-state index contributed by atoms with van der Waals surface area (Å²) in [7, 11) is 0. The van der Waals surface area contributed by atoms with E-state index in [4.69, 9.17) is 10.5 Å². The zero-order valence-electron chi connectivity index (χ0n) is 6.13. The predicted molar refractivity (Wildman–Crippen MR) is 35.4 cm³/mol. The molecule has 0 aromatic carbocycles. The van der Waals surface area contributed by atoms with E-state index in [1.165, 1.54) is 12.1 Å². The van der Waals surface area contributed by atoms with Crippen LogP contribution in [-0.4, -0.2) is 24.1 Å². The van der Waals surface area contributed by atoms with Gasteiger partial charge < -0.3 is 5.32 Å². The molecule has 7 heteroatoms. The second-order valence-electron chi connectivity index (χ2n) is 2.30. The Bertz CT molecular complexity index is 318. The average Bonchev–Trinajstić information content (AvgIpc) is 2.45. The number of hydrogen-bond acceptors (Lipinski definition) is 4. The highest BCUT2D eigenvalue weighted by molar-refractivity contribution is 5.90. The van der Waals surface area contributed by atoms with Gasteiger partial charge in [-0.1, -0.05) is 0 Å². The topological polar surface area (TPSA) is 72.0 Å². The molecule has 0 amide bonds. The van der Waals surface area contributed by atoms with E-state index in [1.807, 2.05) is 5.32 Å². The number of nitrogens with zero attached hydrogens (tertiary/aromatic N) is 3. The summed E-state index contributed by atoms with van der Waals surface area (Å²) in [6.07, 6.45) is -4.62. The van der Waals surface area contributed by atoms with Crippen LogP contribution in [-0.2, 0) is 0 Å². The van der Waals surface area contributed by atoms with Crippen molar-refractivity contribution in [3.63, 3.8) is 0 Å². The van der Waals surface area contributed by atoms with E-state index in [0.717, 1.165) is 0 Å². The second kappa shape index (κ2) is 2.94. The molecule has 2 atom stereocenters. The number of halogens is 3. The first kappa shape index (κ1) is 9.33. The van der Waals surface area contributed by atoms with Crippen molar-refractivity contribution in [3.8, 4) is 12.1 Å². The zero-order chi connectivity index (χ0) is 10.1. The second-order valence-corrected chi connectivity index (χ2v) is 2.30. The quantitative estimate of drug-likeness (QED) is 0.595. The molecule has 0 spiro atoms. The van der Waals surface area contributed by atoms with Crippen molar-refractivity contribution in [1.29, 1.82) is 10.5 Å². The van der Waals surface area contributed by atoms with Gasteiger partial charge in [-0.15, -0.1) is 0 Å². The normalized spacial score (nSPS) is 27.0. The van der Waals surface area contributed by atoms with Crippen molar-refractivity contribution in [2.75, 3.05) is 0 Å². The molecule has 0 bridgehead atoms. The fourth-order valence-electron chi connectivity index (χ4n) is 0.838. The molecular formula is C6H3F3N4. The first-order valence-electron chi connectivity index (χ1n) is 3.20. The van der Waals surface area contributed by atoms with E-state index < -0.39 is 24.1 Å². The first-order chi connectivity index (χ1) is 5.99. The minimum atomic E-state index is -4.62. The maximum Gasteiger partial charge on any atom is 0.448 e. The molecule has 0 fully saturated rings. The van der Waals surface area contributed by atoms with E-state index in [-0.39, 0.29) is 0 Å². The lowest BCUT2D eigenvalue weighted by Gasteiger charge is -2.07. The van der Waals surface area contributed by atoms with Crippen molar-refractivity contribution in [2.45, 2.75) is 18.3 Å². The molecule has 0 aliphatic carbocycles. The fraction of sp³-hybridized carbons (Fsp3) is 0.500. The van der Waals surface area contributed by atoms with Crippen LogP contribution in [0.15, 0.2) is 4.99 Å². The summed E-state index contributed by atoms with van der Waals surface area (Å²) in [5, 5.41) is 18.5. The van der Waals surface area contributed by atoms with Crippen LogP contribution in [0.2, 0.25) is 0 Å². The Morgan fingerprint density at radius 2 is 1.92 bits per heavy atom. The Morgan fingerprint density at radius 1 is 1.31 bits per heavy atom. The summed E-state index contributed by atoms with van der Waals surface area (Å²) in [4.78, 5) is 3.03. The molecule has 2 unspecified atom stereocenters. The van der Waals surface area contributed by atoms with Gasteiger partial charge in [0.1, 0.15) is 0 Å². The van der Waals surface area contributed by atoms with Crippen LogP contribution in [0.4, 0.5) is 13.2 Å². The Balaban J connectivity index is 2.87. The highest BCUT2D eigenvalue weighted by Gasteiger charge is 2.43. The standard InChI is InChI=1S/C6H3F3N4/c7-6(8,9)5-12-3(1-10)4(2-11)13-5/h3-4H,(H,12,13). The van der Waals surface area contributed by atoms with Gasteiger partial charge in [0.05, 0.1) is 12.1 Å². The summed E-state index contributed by atoms with van der Waals surface area (Å²) in [6.45, 7) is 0. The minimum absolute atomic E-state index is 1.21. The Kier molecular flexibility index (Phi) is 2.11. The van der Waals surface area contributed by atoms with Gasteiger partial charge in [-0.25, -0.2) is 4.99 Å². The van der Waals surface area contributed by atoms with E-state index in [0.29, 0.717) is 0 Å². The Morgan fingerprint density at radius 3 is 2.23 bits per heavy atom.